The molecule has 27 nitrogen and oxygen atoms in total. The number of hydrogen-bond donors (Lipinski definition) is 2. The average Bonchev–Trinajstić information content (AvgIpc) is 3.78. The third-order valence-corrected chi connectivity index (χ3v) is 15.7. The maximum Gasteiger partial charge on any atom is 0.347 e. The molecule has 0 saturated carbocycles. The van der Waals surface area contributed by atoms with Crippen molar-refractivity contribution < 1.29 is 117 Å². The monoisotopic (exact) mass is 1100 g/mol. The van der Waals surface area contributed by atoms with E-state index in [2.05, 4.69) is 10.1 Å². The van der Waals surface area contributed by atoms with Gasteiger partial charge in [-0.1, -0.05) is 6.92 Å². The van der Waals surface area contributed by atoms with Gasteiger partial charge in [-0.3, -0.25) is 4.79 Å². The van der Waals surface area contributed by atoms with E-state index in [1.165, 1.54) is 17.5 Å². The normalized spacial score (nSPS) is 18.4. The van der Waals surface area contributed by atoms with Crippen LogP contribution < -0.4 is 5.32 Å². The number of nitrogens with one attached hydrogen (secondary N) is 1. The van der Waals surface area contributed by atoms with Crippen molar-refractivity contribution in [1.82, 2.24) is 9.62 Å². The standard InChI is InChI=1S/C43H62N2O25S3/c1-13-44-31-18-45(15-14-16-61-12)73(59,60)43-30(31)17-33(71-43)72(57,58)19-32(47)21(3)62-35(49)23(5)64-37(51)25(7)66-39(53)27(9)68-41(55)29(11)70-42(56)28(10)69-40(54)26(8)67-38(52)24(6)65-36(50)22(4)63-34(48)20(2)46/h17,20-29,31,44,46H,13-16,18-19H2,1-12H3/t20-,21-,22-,23-,24-,25-,26-,27-,28-,29-,31-/m0/s1. The number of esters is 9. The fraction of sp³-hybridized carbons (Fsp3) is 0.674. The maximum absolute atomic E-state index is 13.4. The van der Waals surface area contributed by atoms with Gasteiger partial charge in [0, 0.05) is 38.4 Å². The molecular weight excluding hydrogens is 1040 g/mol. The summed E-state index contributed by atoms with van der Waals surface area (Å²) < 4.78 is 104. The largest absolute Gasteiger partial charge is 0.452 e. The van der Waals surface area contributed by atoms with Crippen LogP contribution in [0.3, 0.4) is 0 Å². The molecule has 0 fully saturated rings. The summed E-state index contributed by atoms with van der Waals surface area (Å²) in [6, 6.07) is 0.666. The molecule has 0 aliphatic carbocycles. The fourth-order valence-electron chi connectivity index (χ4n) is 5.76. The van der Waals surface area contributed by atoms with Gasteiger partial charge in [-0.25, -0.2) is 60.0 Å². The lowest BCUT2D eigenvalue weighted by Crippen LogP contribution is -2.43. The van der Waals surface area contributed by atoms with E-state index in [0.29, 0.717) is 30.9 Å². The number of methoxy groups -OCH3 is 1. The van der Waals surface area contributed by atoms with E-state index < -0.39 is 156 Å². The van der Waals surface area contributed by atoms with Crippen LogP contribution in [-0.2, 0) is 115 Å². The van der Waals surface area contributed by atoms with Crippen molar-refractivity contribution in [2.45, 2.75) is 158 Å². The van der Waals surface area contributed by atoms with Crippen molar-refractivity contribution in [3.63, 3.8) is 0 Å². The zero-order chi connectivity index (χ0) is 55.9. The summed E-state index contributed by atoms with van der Waals surface area (Å²) in [6.45, 7) is 13.3. The first-order valence-corrected chi connectivity index (χ1v) is 26.3. The van der Waals surface area contributed by atoms with E-state index in [1.54, 1.807) is 6.92 Å². The Balaban J connectivity index is 1.87. The highest BCUT2D eigenvalue weighted by Gasteiger charge is 2.41. The summed E-state index contributed by atoms with van der Waals surface area (Å²) in [7, 11) is -7.07. The number of carbonyl (C=O) groups is 10. The van der Waals surface area contributed by atoms with Crippen molar-refractivity contribution in [3.8, 4) is 0 Å². The Hall–Kier alpha value is -5.66. The number of thiophene rings is 1. The van der Waals surface area contributed by atoms with Gasteiger partial charge in [0.15, 0.2) is 70.6 Å². The molecule has 0 unspecified atom stereocenters. The zero-order valence-corrected chi connectivity index (χ0v) is 44.5. The molecule has 0 spiro atoms. The highest BCUT2D eigenvalue weighted by Crippen LogP contribution is 2.40. The maximum atomic E-state index is 13.4. The number of Topliss-reactive ketones (excluding diaryl/α,β-unsaturated/α-hetero) is 1. The molecule has 11 atom stereocenters. The number of carbonyl (C=O) groups excluding carboxylic acids is 10. The Morgan fingerprint density at radius 1 is 0.616 bits per heavy atom. The van der Waals surface area contributed by atoms with Crippen LogP contribution in [0.1, 0.15) is 94.2 Å². The third kappa shape index (κ3) is 18.7. The minimum absolute atomic E-state index is 0.0378. The number of sulfone groups is 1. The molecule has 2 rings (SSSR count). The van der Waals surface area contributed by atoms with Crippen LogP contribution in [0.4, 0.5) is 0 Å². The van der Waals surface area contributed by atoms with Gasteiger partial charge in [-0.05, 0) is 88.3 Å². The molecule has 30 heteroatoms. The Morgan fingerprint density at radius 3 is 1.26 bits per heavy atom. The molecule has 412 valence electrons. The predicted molar refractivity (Wildman–Crippen MR) is 245 cm³/mol. The SMILES string of the molecule is CCN[C@H]1CN(CCCOC)S(=O)(=O)c2sc(S(=O)(=O)CC(=O)[C@H](C)OC(=O)[C@H](C)OC(=O)[C@H](C)OC(=O)[C@H](C)OC(=O)[C@H](C)OC(=O)[C@H](C)OC(=O)[C@H](C)OC(=O)[C@H](C)OC(=O)[C@H](C)OC(=O)[C@H](C)O)cc21. The lowest BCUT2D eigenvalue weighted by atomic mass is 10.1. The van der Waals surface area contributed by atoms with Crippen LogP contribution in [0.5, 0.6) is 0 Å². The summed E-state index contributed by atoms with van der Waals surface area (Å²) in [4.78, 5) is 125. The van der Waals surface area contributed by atoms with Crippen LogP contribution in [0.2, 0.25) is 0 Å². The van der Waals surface area contributed by atoms with Crippen molar-refractivity contribution in [1.29, 1.82) is 0 Å². The first-order valence-electron chi connectivity index (χ1n) is 22.4. The lowest BCUT2D eigenvalue weighted by Gasteiger charge is -2.32. The minimum Gasteiger partial charge on any atom is -0.452 e. The molecule has 0 radical (unpaired) electrons. The zero-order valence-electron chi connectivity index (χ0n) is 42.1. The number of rotatable bonds is 28. The van der Waals surface area contributed by atoms with Gasteiger partial charge < -0.3 is 57.8 Å². The average molecular weight is 1100 g/mol. The van der Waals surface area contributed by atoms with Crippen LogP contribution >= 0.6 is 11.3 Å². The van der Waals surface area contributed by atoms with Crippen LogP contribution in [0.25, 0.3) is 0 Å². The third-order valence-electron chi connectivity index (χ3n) is 9.97. The summed E-state index contributed by atoms with van der Waals surface area (Å²) in [5, 5.41) is 12.3. The van der Waals surface area contributed by atoms with Crippen molar-refractivity contribution in [2.24, 2.45) is 0 Å². The lowest BCUT2D eigenvalue weighted by molar-refractivity contribution is -0.189. The predicted octanol–water partition coefficient (Wildman–Crippen LogP) is -0.452. The van der Waals surface area contributed by atoms with E-state index in [4.69, 9.17) is 42.6 Å². The second kappa shape index (κ2) is 28.1. The highest BCUT2D eigenvalue weighted by atomic mass is 32.3. The van der Waals surface area contributed by atoms with E-state index in [9.17, 15) is 69.9 Å². The Labute approximate surface area is 425 Å². The molecule has 1 aromatic heterocycles. The smallest absolute Gasteiger partial charge is 0.347 e. The van der Waals surface area contributed by atoms with E-state index in [1.807, 2.05) is 0 Å². The van der Waals surface area contributed by atoms with Gasteiger partial charge in [0.2, 0.25) is 0 Å². The number of fused-ring (bicyclic) bond motifs is 1. The second-order valence-electron chi connectivity index (χ2n) is 16.2. The molecule has 0 saturated heterocycles. The summed E-state index contributed by atoms with van der Waals surface area (Å²) >= 11 is 0.495. The number of hydrogen-bond acceptors (Lipinski definition) is 27. The molecule has 0 amide bonds. The fourth-order valence-corrected chi connectivity index (χ4v) is 11.1. The Kier molecular flexibility index (Phi) is 24.5. The topological polar surface area (TPSA) is 367 Å². The first kappa shape index (κ1) is 63.5. The van der Waals surface area contributed by atoms with Gasteiger partial charge >= 0.3 is 53.7 Å². The Bertz CT molecular complexity index is 2420. The number of nitrogens with zero attached hydrogens (tertiary/aromatic N) is 1. The van der Waals surface area contributed by atoms with E-state index in [-0.39, 0.29) is 22.9 Å². The van der Waals surface area contributed by atoms with Crippen LogP contribution in [-0.4, -0.2) is 186 Å². The van der Waals surface area contributed by atoms with Gasteiger partial charge in [0.1, 0.15) is 20.3 Å². The highest BCUT2D eigenvalue weighted by molar-refractivity contribution is 7.95. The molecule has 0 aromatic carbocycles. The van der Waals surface area contributed by atoms with Crippen molar-refractivity contribution in [3.05, 3.63) is 11.6 Å². The molecule has 2 heterocycles. The van der Waals surface area contributed by atoms with Crippen LogP contribution in [0.15, 0.2) is 14.5 Å². The quantitative estimate of drug-likeness (QED) is 0.0609. The van der Waals surface area contributed by atoms with Crippen molar-refractivity contribution in [2.75, 3.05) is 39.1 Å². The summed E-state index contributed by atoms with van der Waals surface area (Å²) in [5.41, 5.74) is 0.235. The second-order valence-corrected chi connectivity index (χ2v) is 21.6. The van der Waals surface area contributed by atoms with Gasteiger partial charge in [-0.15, -0.1) is 11.3 Å². The van der Waals surface area contributed by atoms with E-state index in [0.717, 1.165) is 69.2 Å². The number of aliphatic hydroxyl groups is 1. The number of sulfonamides is 1. The molecule has 1 aliphatic heterocycles. The Morgan fingerprint density at radius 2 is 0.945 bits per heavy atom. The van der Waals surface area contributed by atoms with Gasteiger partial charge in [0.05, 0.1) is 0 Å². The van der Waals surface area contributed by atoms with E-state index >= 15 is 0 Å². The molecular formula is C43H62N2O25S3. The summed E-state index contributed by atoms with van der Waals surface area (Å²) in [5.74, 6) is -13.6. The number of ether oxygens (including phenoxy) is 10. The molecule has 1 aromatic rings. The number of likely N-dealkylation sites (N-methyl/N-ethyl adjacent to an activating group) is 1. The molecule has 0 bridgehead atoms. The number of ketones is 1. The van der Waals surface area contributed by atoms with Crippen molar-refractivity contribution >= 4 is 90.7 Å². The minimum atomic E-state index is -4.46. The molecule has 2 N–H and O–H groups in total. The molecule has 73 heavy (non-hydrogen) atoms. The van der Waals surface area contributed by atoms with Gasteiger partial charge in [0.25, 0.3) is 10.0 Å². The van der Waals surface area contributed by atoms with Gasteiger partial charge in [-0.2, -0.15) is 4.31 Å². The summed E-state index contributed by atoms with van der Waals surface area (Å²) in [6.07, 6.45) is -16.3. The number of aliphatic hydroxyl groups excluding tert-OH is 1. The molecule has 1 aliphatic rings. The van der Waals surface area contributed by atoms with Crippen LogP contribution in [0, 0.1) is 0 Å². The first-order chi connectivity index (χ1) is 33.8.